The monoisotopic (exact) mass is 282 g/mol. The van der Waals surface area contributed by atoms with E-state index in [9.17, 15) is 4.79 Å². The molecule has 1 amide bonds. The smallest absolute Gasteiger partial charge is 0.222 e. The van der Waals surface area contributed by atoms with Gasteiger partial charge in [-0.1, -0.05) is 18.5 Å². The van der Waals surface area contributed by atoms with Crippen LogP contribution < -0.4 is 10.6 Å². The Hall–Kier alpha value is -1.36. The van der Waals surface area contributed by atoms with Gasteiger partial charge in [-0.2, -0.15) is 0 Å². The Bertz CT molecular complexity index is 492. The summed E-state index contributed by atoms with van der Waals surface area (Å²) in [6.45, 7) is 5.39. The Balaban J connectivity index is 2.26. The molecule has 1 fully saturated rings. The standard InChI is InChI=1S/C13H19ClN4O/c1-3-4-10-16-11(14)8(2)13(17-10)18-6-5-9(7-18)12(15)19/h9H,3-7H2,1-2H3,(H2,15,19). The number of amides is 1. The van der Waals surface area contributed by atoms with Crippen molar-refractivity contribution in [3.63, 3.8) is 0 Å². The van der Waals surface area contributed by atoms with Crippen LogP contribution in [-0.2, 0) is 11.2 Å². The van der Waals surface area contributed by atoms with Gasteiger partial charge in [-0.05, 0) is 19.8 Å². The van der Waals surface area contributed by atoms with E-state index >= 15 is 0 Å². The van der Waals surface area contributed by atoms with Gasteiger partial charge in [-0.25, -0.2) is 9.97 Å². The molecule has 1 aliphatic rings. The molecule has 1 aromatic rings. The summed E-state index contributed by atoms with van der Waals surface area (Å²) >= 11 is 6.16. The van der Waals surface area contributed by atoms with Gasteiger partial charge >= 0.3 is 0 Å². The molecule has 1 aromatic heterocycles. The zero-order chi connectivity index (χ0) is 14.0. The molecule has 2 rings (SSSR count). The van der Waals surface area contributed by atoms with Crippen molar-refractivity contribution in [2.75, 3.05) is 18.0 Å². The van der Waals surface area contributed by atoms with Crippen molar-refractivity contribution in [2.24, 2.45) is 11.7 Å². The van der Waals surface area contributed by atoms with E-state index in [1.807, 2.05) is 6.92 Å². The molecule has 0 aromatic carbocycles. The molecule has 0 spiro atoms. The first-order valence-electron chi connectivity index (χ1n) is 6.60. The predicted octanol–water partition coefficient (Wildman–Crippen LogP) is 1.70. The Morgan fingerprint density at radius 2 is 2.26 bits per heavy atom. The van der Waals surface area contributed by atoms with Crippen LogP contribution in [0.5, 0.6) is 0 Å². The summed E-state index contributed by atoms with van der Waals surface area (Å²) in [7, 11) is 0. The van der Waals surface area contributed by atoms with Crippen molar-refractivity contribution < 1.29 is 4.79 Å². The SMILES string of the molecule is CCCc1nc(Cl)c(C)c(N2CCC(C(N)=O)C2)n1. The Labute approximate surface area is 118 Å². The molecule has 1 atom stereocenters. The van der Waals surface area contributed by atoms with Crippen LogP contribution in [0.1, 0.15) is 31.2 Å². The molecule has 0 aliphatic carbocycles. The van der Waals surface area contributed by atoms with Crippen molar-refractivity contribution in [2.45, 2.75) is 33.1 Å². The van der Waals surface area contributed by atoms with Crippen molar-refractivity contribution in [1.82, 2.24) is 9.97 Å². The fourth-order valence-corrected chi connectivity index (χ4v) is 2.53. The summed E-state index contributed by atoms with van der Waals surface area (Å²) < 4.78 is 0. The Morgan fingerprint density at radius 3 is 2.84 bits per heavy atom. The van der Waals surface area contributed by atoms with Gasteiger partial charge in [0.1, 0.15) is 16.8 Å². The summed E-state index contributed by atoms with van der Waals surface area (Å²) in [5.41, 5.74) is 6.23. The molecule has 1 unspecified atom stereocenters. The second kappa shape index (κ2) is 5.74. The second-order valence-corrected chi connectivity index (χ2v) is 5.32. The molecule has 0 radical (unpaired) electrons. The molecule has 1 aliphatic heterocycles. The fourth-order valence-electron chi connectivity index (χ4n) is 2.35. The Kier molecular flexibility index (Phi) is 4.24. The van der Waals surface area contributed by atoms with Crippen LogP contribution in [0.25, 0.3) is 0 Å². The maximum absolute atomic E-state index is 11.2. The van der Waals surface area contributed by atoms with E-state index in [1.165, 1.54) is 0 Å². The third-order valence-electron chi connectivity index (χ3n) is 3.47. The maximum atomic E-state index is 11.2. The second-order valence-electron chi connectivity index (χ2n) is 4.96. The summed E-state index contributed by atoms with van der Waals surface area (Å²) in [6, 6.07) is 0. The van der Waals surface area contributed by atoms with Crippen molar-refractivity contribution >= 4 is 23.3 Å². The van der Waals surface area contributed by atoms with E-state index in [0.29, 0.717) is 11.7 Å². The highest BCUT2D eigenvalue weighted by Gasteiger charge is 2.29. The van der Waals surface area contributed by atoms with Gasteiger partial charge in [0.15, 0.2) is 0 Å². The first kappa shape index (κ1) is 14.1. The molecule has 2 N–H and O–H groups in total. The predicted molar refractivity (Wildman–Crippen MR) is 75.3 cm³/mol. The lowest BCUT2D eigenvalue weighted by molar-refractivity contribution is -0.121. The van der Waals surface area contributed by atoms with Gasteiger partial charge in [-0.15, -0.1) is 0 Å². The molecular formula is C13H19ClN4O. The molecular weight excluding hydrogens is 264 g/mol. The number of halogens is 1. The lowest BCUT2D eigenvalue weighted by Gasteiger charge is -2.20. The number of nitrogens with two attached hydrogens (primary N) is 1. The van der Waals surface area contributed by atoms with Gasteiger partial charge in [0, 0.05) is 25.1 Å². The number of hydrogen-bond donors (Lipinski definition) is 1. The van der Waals surface area contributed by atoms with Crippen LogP contribution in [0.4, 0.5) is 5.82 Å². The molecule has 1 saturated heterocycles. The average Bonchev–Trinajstić information content (AvgIpc) is 2.83. The average molecular weight is 283 g/mol. The first-order valence-corrected chi connectivity index (χ1v) is 6.98. The zero-order valence-electron chi connectivity index (χ0n) is 11.3. The quantitative estimate of drug-likeness (QED) is 0.853. The van der Waals surface area contributed by atoms with Crippen LogP contribution in [0.15, 0.2) is 0 Å². The van der Waals surface area contributed by atoms with E-state index in [1.54, 1.807) is 0 Å². The van der Waals surface area contributed by atoms with Crippen LogP contribution in [0, 0.1) is 12.8 Å². The van der Waals surface area contributed by atoms with Crippen LogP contribution in [0.2, 0.25) is 5.15 Å². The number of carbonyl (C=O) groups is 1. The number of hydrogen-bond acceptors (Lipinski definition) is 4. The molecule has 0 saturated carbocycles. The molecule has 6 heteroatoms. The summed E-state index contributed by atoms with van der Waals surface area (Å²) in [4.78, 5) is 22.2. The third-order valence-corrected chi connectivity index (χ3v) is 3.84. The highest BCUT2D eigenvalue weighted by molar-refractivity contribution is 6.30. The number of rotatable bonds is 4. The number of carbonyl (C=O) groups excluding carboxylic acids is 1. The van der Waals surface area contributed by atoms with Gasteiger partial charge in [0.05, 0.1) is 5.92 Å². The topological polar surface area (TPSA) is 72.1 Å². The number of anilines is 1. The Morgan fingerprint density at radius 1 is 1.53 bits per heavy atom. The molecule has 19 heavy (non-hydrogen) atoms. The minimum absolute atomic E-state index is 0.0947. The van der Waals surface area contributed by atoms with Crippen LogP contribution >= 0.6 is 11.6 Å². The fraction of sp³-hybridized carbons (Fsp3) is 0.615. The first-order chi connectivity index (χ1) is 9.02. The number of primary amides is 1. The lowest BCUT2D eigenvalue weighted by Crippen LogP contribution is -2.28. The minimum atomic E-state index is -0.242. The summed E-state index contributed by atoms with van der Waals surface area (Å²) in [5, 5.41) is 0.496. The third kappa shape index (κ3) is 2.97. The summed E-state index contributed by atoms with van der Waals surface area (Å²) in [6.07, 6.45) is 2.56. The minimum Gasteiger partial charge on any atom is -0.369 e. The lowest BCUT2D eigenvalue weighted by atomic mass is 10.1. The van der Waals surface area contributed by atoms with E-state index < -0.39 is 0 Å². The van der Waals surface area contributed by atoms with E-state index in [2.05, 4.69) is 21.8 Å². The van der Waals surface area contributed by atoms with Gasteiger partial charge < -0.3 is 10.6 Å². The highest BCUT2D eigenvalue weighted by atomic mass is 35.5. The van der Waals surface area contributed by atoms with Gasteiger partial charge in [0.2, 0.25) is 5.91 Å². The molecule has 2 heterocycles. The normalized spacial score (nSPS) is 18.9. The number of nitrogens with zero attached hydrogens (tertiary/aromatic N) is 3. The van der Waals surface area contributed by atoms with Gasteiger partial charge in [-0.3, -0.25) is 4.79 Å². The summed E-state index contributed by atoms with van der Waals surface area (Å²) in [5.74, 6) is 1.26. The largest absolute Gasteiger partial charge is 0.369 e. The highest BCUT2D eigenvalue weighted by Crippen LogP contribution is 2.28. The van der Waals surface area contributed by atoms with Crippen LogP contribution in [-0.4, -0.2) is 29.0 Å². The number of aryl methyl sites for hydroxylation is 1. The van der Waals surface area contributed by atoms with Crippen molar-refractivity contribution in [3.8, 4) is 0 Å². The van der Waals surface area contributed by atoms with Gasteiger partial charge in [0.25, 0.3) is 0 Å². The zero-order valence-corrected chi connectivity index (χ0v) is 12.1. The molecule has 0 bridgehead atoms. The van der Waals surface area contributed by atoms with E-state index in [0.717, 1.165) is 43.0 Å². The van der Waals surface area contributed by atoms with Crippen LogP contribution in [0.3, 0.4) is 0 Å². The van der Waals surface area contributed by atoms with E-state index in [-0.39, 0.29) is 11.8 Å². The van der Waals surface area contributed by atoms with Crippen molar-refractivity contribution in [1.29, 1.82) is 0 Å². The van der Waals surface area contributed by atoms with E-state index in [4.69, 9.17) is 17.3 Å². The number of aromatic nitrogens is 2. The molecule has 104 valence electrons. The molecule has 5 nitrogen and oxygen atoms in total. The maximum Gasteiger partial charge on any atom is 0.222 e. The van der Waals surface area contributed by atoms with Crippen molar-refractivity contribution in [3.05, 3.63) is 16.5 Å².